The molecule has 1 heterocycles. The first-order valence-electron chi connectivity index (χ1n) is 6.77. The van der Waals surface area contributed by atoms with Gasteiger partial charge in [0.2, 0.25) is 0 Å². The van der Waals surface area contributed by atoms with Crippen LogP contribution < -0.4 is 5.73 Å². The molecule has 1 saturated heterocycles. The zero-order valence-electron chi connectivity index (χ0n) is 10.3. The summed E-state index contributed by atoms with van der Waals surface area (Å²) < 4.78 is 0. The van der Waals surface area contributed by atoms with Crippen LogP contribution in [0.1, 0.15) is 44.9 Å². The Morgan fingerprint density at radius 3 is 2.59 bits per heavy atom. The average Bonchev–Trinajstić information content (AvgIpc) is 2.86. The largest absolute Gasteiger partial charge is 0.452 e. The predicted octanol–water partition coefficient (Wildman–Crippen LogP) is 1.25. The second-order valence-corrected chi connectivity index (χ2v) is 5.73. The highest BCUT2D eigenvalue weighted by Crippen LogP contribution is 2.28. The van der Waals surface area contributed by atoms with Crippen LogP contribution in [0.5, 0.6) is 0 Å². The summed E-state index contributed by atoms with van der Waals surface area (Å²) in [6.07, 6.45) is 8.43. The molecule has 0 spiro atoms. The van der Waals surface area contributed by atoms with Crippen LogP contribution in [-0.2, 0) is 0 Å². The lowest BCUT2D eigenvalue weighted by molar-refractivity contribution is 0.325. The van der Waals surface area contributed by atoms with Gasteiger partial charge in [0.05, 0.1) is 11.0 Å². The number of nitrogens with two attached hydrogens (primary N) is 1. The van der Waals surface area contributed by atoms with Crippen LogP contribution in [0.15, 0.2) is 0 Å². The van der Waals surface area contributed by atoms with E-state index in [9.17, 15) is 5.02 Å². The van der Waals surface area contributed by atoms with Crippen molar-refractivity contribution in [3.63, 3.8) is 0 Å². The van der Waals surface area contributed by atoms with Gasteiger partial charge in [-0.05, 0) is 31.6 Å². The van der Waals surface area contributed by atoms with E-state index in [1.165, 1.54) is 39.6 Å². The molecule has 1 saturated carbocycles. The molecule has 2 unspecified atom stereocenters. The summed E-state index contributed by atoms with van der Waals surface area (Å²) in [5.41, 5.74) is 6.31. The molecule has 0 amide bonds. The van der Waals surface area contributed by atoms with E-state index >= 15 is 0 Å². The predicted molar refractivity (Wildman–Crippen MR) is 74.8 cm³/mol. The van der Waals surface area contributed by atoms with Crippen molar-refractivity contribution in [2.75, 3.05) is 6.54 Å². The van der Waals surface area contributed by atoms with E-state index in [-0.39, 0.29) is 12.0 Å². The summed E-state index contributed by atoms with van der Waals surface area (Å²) >= 11 is 5.53. The number of hydrogen-bond donors (Lipinski definition) is 2. The van der Waals surface area contributed by atoms with E-state index in [0.717, 1.165) is 24.4 Å². The van der Waals surface area contributed by atoms with Crippen molar-refractivity contribution in [1.82, 2.24) is 4.90 Å². The van der Waals surface area contributed by atoms with E-state index in [1.54, 1.807) is 0 Å². The highest BCUT2D eigenvalue weighted by atomic mass is 32.1. The fourth-order valence-electron chi connectivity index (χ4n) is 3.11. The van der Waals surface area contributed by atoms with Gasteiger partial charge in [0.1, 0.15) is 0 Å². The van der Waals surface area contributed by atoms with Gasteiger partial charge >= 0.3 is 7.48 Å². The topological polar surface area (TPSA) is 49.5 Å². The van der Waals surface area contributed by atoms with E-state index in [2.05, 4.69) is 4.90 Å². The van der Waals surface area contributed by atoms with Crippen molar-refractivity contribution in [1.29, 1.82) is 0 Å². The minimum atomic E-state index is 0.00542. The minimum Gasteiger partial charge on any atom is -0.452 e. The average molecular weight is 253 g/mol. The molecule has 3 N–H and O–H groups in total. The van der Waals surface area contributed by atoms with Gasteiger partial charge in [-0.1, -0.05) is 31.5 Å². The van der Waals surface area contributed by atoms with Gasteiger partial charge < -0.3 is 15.7 Å². The zero-order chi connectivity index (χ0) is 12.3. The maximum absolute atomic E-state index is 9.21. The third-order valence-corrected chi connectivity index (χ3v) is 4.70. The first kappa shape index (κ1) is 13.3. The molecule has 1 aliphatic carbocycles. The van der Waals surface area contributed by atoms with Gasteiger partial charge in [-0.3, -0.25) is 0 Å². The normalized spacial score (nSPS) is 28.1. The van der Waals surface area contributed by atoms with Gasteiger partial charge in [0.15, 0.2) is 0 Å². The van der Waals surface area contributed by atoms with Crippen molar-refractivity contribution in [2.45, 2.75) is 56.9 Å². The fourth-order valence-corrected chi connectivity index (χ4v) is 3.53. The smallest absolute Gasteiger partial charge is 0.312 e. The summed E-state index contributed by atoms with van der Waals surface area (Å²) in [5.74, 6) is 0.647. The van der Waals surface area contributed by atoms with Crippen LogP contribution in [0.25, 0.3) is 0 Å². The quantitative estimate of drug-likeness (QED) is 0.587. The molecule has 2 atom stereocenters. The number of rotatable bonds is 3. The molecule has 2 aliphatic rings. The van der Waals surface area contributed by atoms with Crippen molar-refractivity contribution in [2.24, 2.45) is 11.7 Å². The molecule has 2 fully saturated rings. The molecule has 0 bridgehead atoms. The van der Waals surface area contributed by atoms with Crippen molar-refractivity contribution in [3.8, 4) is 0 Å². The highest BCUT2D eigenvalue weighted by molar-refractivity contribution is 7.80. The molecule has 5 heteroatoms. The van der Waals surface area contributed by atoms with Crippen molar-refractivity contribution in [3.05, 3.63) is 0 Å². The Hall–Kier alpha value is -0.125. The first-order valence-corrected chi connectivity index (χ1v) is 7.18. The number of hydrogen-bond acceptors (Lipinski definition) is 3. The fraction of sp³-hybridized carbons (Fsp3) is 0.917. The molecular weight excluding hydrogens is 231 g/mol. The second kappa shape index (κ2) is 6.16. The van der Waals surface area contributed by atoms with Crippen molar-refractivity contribution >= 4 is 24.7 Å². The molecule has 3 nitrogen and oxygen atoms in total. The summed E-state index contributed by atoms with van der Waals surface area (Å²) in [6.45, 7) is 0.945. The van der Waals surface area contributed by atoms with Crippen LogP contribution in [-0.4, -0.2) is 40.9 Å². The van der Waals surface area contributed by atoms with Crippen LogP contribution in [0, 0.1) is 5.92 Å². The Morgan fingerprint density at radius 1 is 1.24 bits per heavy atom. The lowest BCUT2D eigenvalue weighted by Crippen LogP contribution is -2.50. The molecule has 2 rings (SSSR count). The summed E-state index contributed by atoms with van der Waals surface area (Å²) in [7, 11) is 1.27. The molecule has 0 aromatic carbocycles. The maximum Gasteiger partial charge on any atom is 0.312 e. The Labute approximate surface area is 110 Å². The second-order valence-electron chi connectivity index (χ2n) is 5.31. The Morgan fingerprint density at radius 2 is 1.94 bits per heavy atom. The van der Waals surface area contributed by atoms with Gasteiger partial charge in [-0.15, -0.1) is 0 Å². The Kier molecular flexibility index (Phi) is 4.82. The highest BCUT2D eigenvalue weighted by Gasteiger charge is 2.32. The SMILES string of the molecule is NC(C(=S)N1CCCC1[B]O)C1CCCCC1. The van der Waals surface area contributed by atoms with Crippen LogP contribution in [0.2, 0.25) is 0 Å². The first-order chi connectivity index (χ1) is 8.24. The lowest BCUT2D eigenvalue weighted by Gasteiger charge is -2.34. The van der Waals surface area contributed by atoms with E-state index in [4.69, 9.17) is 18.0 Å². The van der Waals surface area contributed by atoms with Gasteiger partial charge in [-0.2, -0.15) is 0 Å². The number of nitrogens with zero attached hydrogens (tertiary/aromatic N) is 1. The van der Waals surface area contributed by atoms with Gasteiger partial charge in [0, 0.05) is 12.5 Å². The van der Waals surface area contributed by atoms with Crippen LogP contribution in [0.3, 0.4) is 0 Å². The number of likely N-dealkylation sites (tertiary alicyclic amines) is 1. The lowest BCUT2D eigenvalue weighted by atomic mass is 9.82. The van der Waals surface area contributed by atoms with E-state index < -0.39 is 0 Å². The zero-order valence-corrected chi connectivity index (χ0v) is 11.2. The minimum absolute atomic E-state index is 0.00542. The molecule has 0 aromatic heterocycles. The summed E-state index contributed by atoms with van der Waals surface area (Å²) in [5, 5.41) is 9.21. The number of thiocarbonyl (C=S) groups is 1. The van der Waals surface area contributed by atoms with Gasteiger partial charge in [0.25, 0.3) is 0 Å². The third-order valence-electron chi connectivity index (χ3n) is 4.20. The van der Waals surface area contributed by atoms with E-state index in [1.807, 2.05) is 0 Å². The monoisotopic (exact) mass is 253 g/mol. The van der Waals surface area contributed by atoms with Crippen LogP contribution in [0.4, 0.5) is 0 Å². The van der Waals surface area contributed by atoms with Crippen LogP contribution >= 0.6 is 12.2 Å². The van der Waals surface area contributed by atoms with E-state index in [0.29, 0.717) is 5.92 Å². The third kappa shape index (κ3) is 3.01. The van der Waals surface area contributed by atoms with Gasteiger partial charge in [-0.25, -0.2) is 0 Å². The molecular formula is C12H22BN2OS. The summed E-state index contributed by atoms with van der Waals surface area (Å²) in [6, 6.07) is 0.00542. The maximum atomic E-state index is 9.21. The molecule has 1 aliphatic heterocycles. The molecule has 95 valence electrons. The molecule has 1 radical (unpaired) electrons. The standard InChI is InChI=1S/C12H22BN2OS/c14-11(9-5-2-1-3-6-9)12(17)15-8-4-7-10(15)13-16/h9-11,16H,1-8,14H2. The molecule has 17 heavy (non-hydrogen) atoms. The molecule has 0 aromatic rings. The van der Waals surface area contributed by atoms with Crippen molar-refractivity contribution < 1.29 is 5.02 Å². The summed E-state index contributed by atoms with van der Waals surface area (Å²) in [4.78, 5) is 2.99. The Balaban J connectivity index is 1.93. The Bertz CT molecular complexity index is 271.